The fourth-order valence-corrected chi connectivity index (χ4v) is 1.40. The Balaban J connectivity index is 0.00000196. The number of aryl methyl sites for hydroxylation is 2. The Bertz CT molecular complexity index is 352. The summed E-state index contributed by atoms with van der Waals surface area (Å²) in [6.07, 6.45) is 0.390. The molecule has 1 aromatic rings. The summed E-state index contributed by atoms with van der Waals surface area (Å²) in [5, 5.41) is 8.66. The van der Waals surface area contributed by atoms with Gasteiger partial charge < -0.3 is 10.8 Å². The van der Waals surface area contributed by atoms with Crippen molar-refractivity contribution in [1.29, 1.82) is 0 Å². The second-order valence-electron chi connectivity index (χ2n) is 3.58. The molecule has 0 heterocycles. The first-order valence-electron chi connectivity index (χ1n) is 4.55. The van der Waals surface area contributed by atoms with Gasteiger partial charge in [0.05, 0.1) is 0 Å². The van der Waals surface area contributed by atoms with Crippen molar-refractivity contribution in [3.63, 3.8) is 0 Å². The minimum atomic E-state index is -0.954. The van der Waals surface area contributed by atoms with Crippen LogP contribution in [0.1, 0.15) is 16.7 Å². The van der Waals surface area contributed by atoms with E-state index in [1.54, 1.807) is 0 Å². The van der Waals surface area contributed by atoms with E-state index in [-0.39, 0.29) is 12.4 Å². The van der Waals surface area contributed by atoms with Crippen LogP contribution in [0.2, 0.25) is 0 Å². The van der Waals surface area contributed by atoms with Crippen molar-refractivity contribution >= 4 is 18.4 Å². The molecule has 0 radical (unpaired) electrons. The molecule has 3 nitrogen and oxygen atoms in total. The lowest BCUT2D eigenvalue weighted by atomic mass is 10.00. The molecule has 4 heteroatoms. The minimum Gasteiger partial charge on any atom is -0.480 e. The van der Waals surface area contributed by atoms with Crippen molar-refractivity contribution < 1.29 is 9.90 Å². The number of aliphatic carboxylic acids is 1. The fraction of sp³-hybridized carbons (Fsp3) is 0.364. The number of hydrogen-bond acceptors (Lipinski definition) is 2. The van der Waals surface area contributed by atoms with Gasteiger partial charge in [-0.25, -0.2) is 0 Å². The lowest BCUT2D eigenvalue weighted by Gasteiger charge is -2.09. The van der Waals surface area contributed by atoms with E-state index in [9.17, 15) is 4.79 Å². The van der Waals surface area contributed by atoms with Crippen molar-refractivity contribution in [2.45, 2.75) is 26.3 Å². The molecule has 0 fully saturated rings. The topological polar surface area (TPSA) is 63.3 Å². The average molecular weight is 230 g/mol. The highest BCUT2D eigenvalue weighted by Crippen LogP contribution is 2.12. The lowest BCUT2D eigenvalue weighted by molar-refractivity contribution is -0.138. The largest absolute Gasteiger partial charge is 0.480 e. The molecular weight excluding hydrogens is 214 g/mol. The number of rotatable bonds is 3. The SMILES string of the molecule is Cc1ccc(CC(N)C(=O)O)c(C)c1.Cl. The summed E-state index contributed by atoms with van der Waals surface area (Å²) in [4.78, 5) is 10.6. The molecule has 15 heavy (non-hydrogen) atoms. The predicted octanol–water partition coefficient (Wildman–Crippen LogP) is 1.68. The quantitative estimate of drug-likeness (QED) is 0.829. The van der Waals surface area contributed by atoms with Gasteiger partial charge in [-0.1, -0.05) is 23.8 Å². The molecule has 0 saturated heterocycles. The molecule has 0 spiro atoms. The van der Waals surface area contributed by atoms with E-state index < -0.39 is 12.0 Å². The maximum Gasteiger partial charge on any atom is 0.320 e. The van der Waals surface area contributed by atoms with Gasteiger partial charge in [-0.15, -0.1) is 12.4 Å². The molecule has 1 unspecified atom stereocenters. The van der Waals surface area contributed by atoms with Gasteiger partial charge in [0.2, 0.25) is 0 Å². The summed E-state index contributed by atoms with van der Waals surface area (Å²) in [5.41, 5.74) is 8.74. The van der Waals surface area contributed by atoms with E-state index in [1.165, 1.54) is 5.56 Å². The standard InChI is InChI=1S/C11H15NO2.ClH/c1-7-3-4-9(8(2)5-7)6-10(12)11(13)14;/h3-5,10H,6,12H2,1-2H3,(H,13,14);1H. The van der Waals surface area contributed by atoms with Crippen LogP contribution in [0.4, 0.5) is 0 Å². The van der Waals surface area contributed by atoms with Gasteiger partial charge in [-0.05, 0) is 31.4 Å². The van der Waals surface area contributed by atoms with E-state index in [0.717, 1.165) is 11.1 Å². The van der Waals surface area contributed by atoms with Crippen LogP contribution in [0.3, 0.4) is 0 Å². The zero-order valence-corrected chi connectivity index (χ0v) is 9.67. The monoisotopic (exact) mass is 229 g/mol. The van der Waals surface area contributed by atoms with Crippen LogP contribution in [0.15, 0.2) is 18.2 Å². The average Bonchev–Trinajstić information content (AvgIpc) is 2.09. The second-order valence-corrected chi connectivity index (χ2v) is 3.58. The van der Waals surface area contributed by atoms with Crippen LogP contribution in [-0.2, 0) is 11.2 Å². The summed E-state index contributed by atoms with van der Waals surface area (Å²) in [6, 6.07) is 5.13. The highest BCUT2D eigenvalue weighted by molar-refractivity contribution is 5.85. The number of carbonyl (C=O) groups is 1. The molecule has 3 N–H and O–H groups in total. The Kier molecular flexibility index (Phi) is 5.33. The first kappa shape index (κ1) is 13.9. The molecule has 1 rings (SSSR count). The molecule has 0 aliphatic carbocycles. The number of nitrogens with two attached hydrogens (primary N) is 1. The minimum absolute atomic E-state index is 0. The maximum atomic E-state index is 10.6. The third-order valence-electron chi connectivity index (χ3n) is 2.26. The second kappa shape index (κ2) is 5.73. The number of carboxylic acids is 1. The first-order valence-corrected chi connectivity index (χ1v) is 4.55. The Morgan fingerprint density at radius 1 is 1.47 bits per heavy atom. The van der Waals surface area contributed by atoms with Crippen LogP contribution in [0.25, 0.3) is 0 Å². The number of halogens is 1. The molecule has 0 aromatic heterocycles. The van der Waals surface area contributed by atoms with E-state index in [2.05, 4.69) is 0 Å². The molecule has 0 aliphatic rings. The molecule has 0 amide bonds. The van der Waals surface area contributed by atoms with E-state index in [4.69, 9.17) is 10.8 Å². The number of carboxylic acid groups (broad SMARTS) is 1. The highest BCUT2D eigenvalue weighted by Gasteiger charge is 2.12. The Labute approximate surface area is 95.7 Å². The highest BCUT2D eigenvalue weighted by atomic mass is 35.5. The van der Waals surface area contributed by atoms with Crippen LogP contribution in [0, 0.1) is 13.8 Å². The van der Waals surface area contributed by atoms with Gasteiger partial charge in [0.15, 0.2) is 0 Å². The lowest BCUT2D eigenvalue weighted by Crippen LogP contribution is -2.32. The van der Waals surface area contributed by atoms with Gasteiger partial charge in [-0.2, -0.15) is 0 Å². The Morgan fingerprint density at radius 3 is 2.53 bits per heavy atom. The van der Waals surface area contributed by atoms with Crippen molar-refractivity contribution in [1.82, 2.24) is 0 Å². The van der Waals surface area contributed by atoms with Crippen molar-refractivity contribution in [2.24, 2.45) is 5.73 Å². The van der Waals surface area contributed by atoms with Gasteiger partial charge in [0.25, 0.3) is 0 Å². The van der Waals surface area contributed by atoms with Crippen LogP contribution in [-0.4, -0.2) is 17.1 Å². The van der Waals surface area contributed by atoms with Crippen LogP contribution in [0.5, 0.6) is 0 Å². The van der Waals surface area contributed by atoms with E-state index in [0.29, 0.717) is 6.42 Å². The van der Waals surface area contributed by atoms with Crippen LogP contribution >= 0.6 is 12.4 Å². The zero-order valence-electron chi connectivity index (χ0n) is 8.86. The molecule has 1 aromatic carbocycles. The van der Waals surface area contributed by atoms with Gasteiger partial charge >= 0.3 is 5.97 Å². The number of hydrogen-bond donors (Lipinski definition) is 2. The van der Waals surface area contributed by atoms with Crippen LogP contribution < -0.4 is 5.73 Å². The smallest absolute Gasteiger partial charge is 0.320 e. The van der Waals surface area contributed by atoms with Gasteiger partial charge in [0, 0.05) is 0 Å². The fourth-order valence-electron chi connectivity index (χ4n) is 1.40. The van der Waals surface area contributed by atoms with Crippen molar-refractivity contribution in [3.8, 4) is 0 Å². The Morgan fingerprint density at radius 2 is 2.07 bits per heavy atom. The molecule has 0 saturated carbocycles. The van der Waals surface area contributed by atoms with Gasteiger partial charge in [-0.3, -0.25) is 4.79 Å². The molecular formula is C11H16ClNO2. The normalized spacial score (nSPS) is 11.7. The first-order chi connectivity index (χ1) is 6.50. The van der Waals surface area contributed by atoms with E-state index >= 15 is 0 Å². The molecule has 1 atom stereocenters. The van der Waals surface area contributed by atoms with Crippen molar-refractivity contribution in [3.05, 3.63) is 34.9 Å². The molecule has 0 bridgehead atoms. The maximum absolute atomic E-state index is 10.6. The van der Waals surface area contributed by atoms with Crippen molar-refractivity contribution in [2.75, 3.05) is 0 Å². The zero-order chi connectivity index (χ0) is 10.7. The predicted molar refractivity (Wildman–Crippen MR) is 62.5 cm³/mol. The van der Waals surface area contributed by atoms with E-state index in [1.807, 2.05) is 32.0 Å². The summed E-state index contributed by atoms with van der Waals surface area (Å²) < 4.78 is 0. The van der Waals surface area contributed by atoms with Gasteiger partial charge in [0.1, 0.15) is 6.04 Å². The third-order valence-corrected chi connectivity index (χ3v) is 2.26. The molecule has 84 valence electrons. The summed E-state index contributed by atoms with van der Waals surface area (Å²) in [7, 11) is 0. The summed E-state index contributed by atoms with van der Waals surface area (Å²) >= 11 is 0. The third kappa shape index (κ3) is 3.90. The number of benzene rings is 1. The Hall–Kier alpha value is -1.06. The summed E-state index contributed by atoms with van der Waals surface area (Å²) in [6.45, 7) is 3.98. The molecule has 0 aliphatic heterocycles. The summed E-state index contributed by atoms with van der Waals surface area (Å²) in [5.74, 6) is -0.954.